The third kappa shape index (κ3) is 7.07. The third-order valence-corrected chi connectivity index (χ3v) is 5.98. The van der Waals surface area contributed by atoms with Gasteiger partial charge >= 0.3 is 0 Å². The van der Waals surface area contributed by atoms with Gasteiger partial charge in [-0.2, -0.15) is 0 Å². The van der Waals surface area contributed by atoms with Crippen LogP contribution in [0.3, 0.4) is 0 Å². The summed E-state index contributed by atoms with van der Waals surface area (Å²) in [6.07, 6.45) is 7.21. The average molecular weight is 368 g/mol. The molecule has 2 aliphatic heterocycles. The first kappa shape index (κ1) is 21.5. The molecule has 0 saturated carbocycles. The highest BCUT2D eigenvalue weighted by molar-refractivity contribution is 5.80. The molecule has 5 nitrogen and oxygen atoms in total. The fraction of sp³-hybridized carbons (Fsp3) is 0.952. The van der Waals surface area contributed by atoms with Gasteiger partial charge in [-0.05, 0) is 50.4 Å². The molecule has 2 heterocycles. The number of nitrogens with zero attached hydrogens (tertiary/aromatic N) is 2. The largest absolute Gasteiger partial charge is 0.381 e. The van der Waals surface area contributed by atoms with Gasteiger partial charge < -0.3 is 19.7 Å². The first-order valence-electron chi connectivity index (χ1n) is 11.0. The van der Waals surface area contributed by atoms with E-state index in [4.69, 9.17) is 14.5 Å². The van der Waals surface area contributed by atoms with Crippen molar-refractivity contribution >= 4 is 5.96 Å². The molecule has 1 unspecified atom stereocenters. The Morgan fingerprint density at radius 3 is 2.65 bits per heavy atom. The second-order valence-corrected chi connectivity index (χ2v) is 7.79. The van der Waals surface area contributed by atoms with Crippen LogP contribution in [0.25, 0.3) is 0 Å². The van der Waals surface area contributed by atoms with Crippen LogP contribution < -0.4 is 5.32 Å². The Morgan fingerprint density at radius 2 is 1.96 bits per heavy atom. The van der Waals surface area contributed by atoms with Gasteiger partial charge in [0.25, 0.3) is 0 Å². The van der Waals surface area contributed by atoms with Crippen molar-refractivity contribution in [2.24, 2.45) is 22.7 Å². The number of likely N-dealkylation sites (tertiary alicyclic amines) is 1. The fourth-order valence-electron chi connectivity index (χ4n) is 4.26. The van der Waals surface area contributed by atoms with Crippen LogP contribution in [0.15, 0.2) is 4.99 Å². The Hall–Kier alpha value is -0.810. The zero-order valence-corrected chi connectivity index (χ0v) is 17.3. The van der Waals surface area contributed by atoms with Crippen LogP contribution in [-0.4, -0.2) is 63.5 Å². The van der Waals surface area contributed by atoms with Crippen LogP contribution in [0.1, 0.15) is 59.3 Å². The van der Waals surface area contributed by atoms with E-state index in [9.17, 15) is 0 Å². The van der Waals surface area contributed by atoms with Crippen molar-refractivity contribution in [2.75, 3.05) is 52.6 Å². The molecule has 0 aromatic heterocycles. The predicted octanol–water partition coefficient (Wildman–Crippen LogP) is 3.54. The lowest BCUT2D eigenvalue weighted by molar-refractivity contribution is 0.0205. The average Bonchev–Trinajstić information content (AvgIpc) is 3.15. The molecule has 0 aromatic carbocycles. The highest BCUT2D eigenvalue weighted by atomic mass is 16.5. The number of ether oxygens (including phenoxy) is 2. The molecule has 152 valence electrons. The lowest BCUT2D eigenvalue weighted by Gasteiger charge is -2.24. The summed E-state index contributed by atoms with van der Waals surface area (Å²) in [5.74, 6) is 3.49. The normalized spacial score (nSPS) is 22.4. The monoisotopic (exact) mass is 367 g/mol. The second kappa shape index (κ2) is 12.6. The molecule has 0 amide bonds. The van der Waals surface area contributed by atoms with Gasteiger partial charge in [-0.15, -0.1) is 0 Å². The third-order valence-electron chi connectivity index (χ3n) is 5.98. The van der Waals surface area contributed by atoms with E-state index >= 15 is 0 Å². The molecular weight excluding hydrogens is 326 g/mol. The Labute approximate surface area is 160 Å². The van der Waals surface area contributed by atoms with Crippen molar-refractivity contribution in [3.05, 3.63) is 0 Å². The summed E-state index contributed by atoms with van der Waals surface area (Å²) in [7, 11) is 0. The van der Waals surface area contributed by atoms with E-state index in [2.05, 4.69) is 31.0 Å². The van der Waals surface area contributed by atoms with E-state index in [1.165, 1.54) is 25.8 Å². The van der Waals surface area contributed by atoms with Crippen molar-refractivity contribution in [3.8, 4) is 0 Å². The molecule has 0 spiro atoms. The molecule has 0 bridgehead atoms. The number of rotatable bonds is 10. The minimum absolute atomic E-state index is 0.691. The number of guanidine groups is 1. The highest BCUT2D eigenvalue weighted by Gasteiger charge is 2.29. The van der Waals surface area contributed by atoms with Gasteiger partial charge in [-0.1, -0.05) is 26.7 Å². The standard InChI is InChI=1S/C21H41N3O2/c1-4-19(5-2)20-8-12-24(16-20)21(22-6-3)23-11-7-13-26-17-18-9-14-25-15-10-18/h18-20H,4-17H2,1-3H3,(H,22,23). The summed E-state index contributed by atoms with van der Waals surface area (Å²) in [4.78, 5) is 7.32. The van der Waals surface area contributed by atoms with Crippen molar-refractivity contribution in [1.29, 1.82) is 0 Å². The molecule has 1 atom stereocenters. The highest BCUT2D eigenvalue weighted by Crippen LogP contribution is 2.28. The second-order valence-electron chi connectivity index (χ2n) is 7.79. The van der Waals surface area contributed by atoms with Gasteiger partial charge in [0, 0.05) is 52.6 Å². The van der Waals surface area contributed by atoms with Gasteiger partial charge in [0.15, 0.2) is 5.96 Å². The smallest absolute Gasteiger partial charge is 0.193 e. The first-order valence-corrected chi connectivity index (χ1v) is 11.0. The van der Waals surface area contributed by atoms with Crippen molar-refractivity contribution in [1.82, 2.24) is 10.2 Å². The Bertz CT molecular complexity index is 393. The zero-order valence-electron chi connectivity index (χ0n) is 17.3. The van der Waals surface area contributed by atoms with Crippen LogP contribution in [0, 0.1) is 17.8 Å². The van der Waals surface area contributed by atoms with Gasteiger partial charge in [0.05, 0.1) is 0 Å². The van der Waals surface area contributed by atoms with E-state index in [1.807, 2.05) is 0 Å². The summed E-state index contributed by atoms with van der Waals surface area (Å²) in [5.41, 5.74) is 0. The molecule has 26 heavy (non-hydrogen) atoms. The molecule has 2 fully saturated rings. The van der Waals surface area contributed by atoms with Crippen molar-refractivity contribution in [2.45, 2.75) is 59.3 Å². The molecule has 5 heteroatoms. The lowest BCUT2D eigenvalue weighted by atomic mass is 9.87. The number of nitrogens with one attached hydrogen (secondary N) is 1. The molecule has 0 aliphatic carbocycles. The van der Waals surface area contributed by atoms with E-state index in [0.29, 0.717) is 5.92 Å². The minimum Gasteiger partial charge on any atom is -0.381 e. The lowest BCUT2D eigenvalue weighted by Crippen LogP contribution is -2.40. The summed E-state index contributed by atoms with van der Waals surface area (Å²) >= 11 is 0. The SMILES string of the molecule is CCNC(=NCCCOCC1CCOCC1)N1CCC(C(CC)CC)C1. The summed E-state index contributed by atoms with van der Waals surface area (Å²) in [5, 5.41) is 3.48. The first-order chi connectivity index (χ1) is 12.8. The van der Waals surface area contributed by atoms with Crippen molar-refractivity contribution < 1.29 is 9.47 Å². The molecular formula is C21H41N3O2. The Kier molecular flexibility index (Phi) is 10.4. The van der Waals surface area contributed by atoms with Gasteiger partial charge in [0.1, 0.15) is 0 Å². The topological polar surface area (TPSA) is 46.1 Å². The summed E-state index contributed by atoms with van der Waals surface area (Å²) in [6, 6.07) is 0. The van der Waals surface area contributed by atoms with Gasteiger partial charge in [-0.3, -0.25) is 4.99 Å². The summed E-state index contributed by atoms with van der Waals surface area (Å²) < 4.78 is 11.3. The molecule has 0 aromatic rings. The van der Waals surface area contributed by atoms with E-state index in [-0.39, 0.29) is 0 Å². The molecule has 2 aliphatic rings. The molecule has 2 rings (SSSR count). The molecule has 1 N–H and O–H groups in total. The van der Waals surface area contributed by atoms with Crippen LogP contribution in [0.4, 0.5) is 0 Å². The van der Waals surface area contributed by atoms with E-state index in [1.54, 1.807) is 0 Å². The number of aliphatic imine (C=N–C) groups is 1. The zero-order chi connectivity index (χ0) is 18.6. The fourth-order valence-corrected chi connectivity index (χ4v) is 4.26. The Balaban J connectivity index is 1.67. The van der Waals surface area contributed by atoms with Crippen LogP contribution in [-0.2, 0) is 9.47 Å². The predicted molar refractivity (Wildman–Crippen MR) is 109 cm³/mol. The maximum Gasteiger partial charge on any atom is 0.193 e. The Morgan fingerprint density at radius 1 is 1.19 bits per heavy atom. The van der Waals surface area contributed by atoms with Crippen molar-refractivity contribution in [3.63, 3.8) is 0 Å². The maximum absolute atomic E-state index is 5.86. The number of hydrogen-bond acceptors (Lipinski definition) is 3. The molecule has 0 radical (unpaired) electrons. The quantitative estimate of drug-likeness (QED) is 0.364. The van der Waals surface area contributed by atoms with Crippen LogP contribution in [0.2, 0.25) is 0 Å². The molecule has 2 saturated heterocycles. The number of hydrogen-bond donors (Lipinski definition) is 1. The van der Waals surface area contributed by atoms with E-state index in [0.717, 1.165) is 83.1 Å². The van der Waals surface area contributed by atoms with Gasteiger partial charge in [0.2, 0.25) is 0 Å². The van der Waals surface area contributed by atoms with Crippen LogP contribution >= 0.6 is 0 Å². The summed E-state index contributed by atoms with van der Waals surface area (Å²) in [6.45, 7) is 14.4. The van der Waals surface area contributed by atoms with Crippen LogP contribution in [0.5, 0.6) is 0 Å². The van der Waals surface area contributed by atoms with E-state index < -0.39 is 0 Å². The minimum atomic E-state index is 0.691. The maximum atomic E-state index is 5.86. The van der Waals surface area contributed by atoms with Gasteiger partial charge in [-0.25, -0.2) is 0 Å².